The molecule has 0 fully saturated rings. The molecule has 1 N–H and O–H groups in total. The van der Waals surface area contributed by atoms with Crippen LogP contribution in [0, 0.1) is 0 Å². The lowest BCUT2D eigenvalue weighted by molar-refractivity contribution is 1.02. The normalized spacial score (nSPS) is 10.3. The Labute approximate surface area is 97.1 Å². The zero-order chi connectivity index (χ0) is 10.7. The van der Waals surface area contributed by atoms with E-state index in [2.05, 4.69) is 15.5 Å². The van der Waals surface area contributed by atoms with Gasteiger partial charge in [-0.25, -0.2) is 0 Å². The van der Waals surface area contributed by atoms with Gasteiger partial charge in [0.25, 0.3) is 0 Å². The SMILES string of the molecule is CCNc1ccc(-c2sccc2Cl)nn1. The first-order valence-electron chi connectivity index (χ1n) is 4.62. The fraction of sp³-hybridized carbons (Fsp3) is 0.200. The van der Waals surface area contributed by atoms with Gasteiger partial charge in [-0.05, 0) is 30.5 Å². The van der Waals surface area contributed by atoms with Crippen LogP contribution in [0.2, 0.25) is 5.02 Å². The minimum absolute atomic E-state index is 0.727. The second kappa shape index (κ2) is 4.59. The van der Waals surface area contributed by atoms with Crippen LogP contribution in [0.3, 0.4) is 0 Å². The third-order valence-electron chi connectivity index (χ3n) is 1.87. The van der Waals surface area contributed by atoms with Crippen molar-refractivity contribution in [1.29, 1.82) is 0 Å². The van der Waals surface area contributed by atoms with Crippen LogP contribution in [0.15, 0.2) is 23.6 Å². The molecule has 0 aliphatic carbocycles. The predicted molar refractivity (Wildman–Crippen MR) is 64.5 cm³/mol. The van der Waals surface area contributed by atoms with E-state index in [1.807, 2.05) is 30.5 Å². The van der Waals surface area contributed by atoms with Gasteiger partial charge < -0.3 is 5.32 Å². The van der Waals surface area contributed by atoms with Crippen LogP contribution in [0.25, 0.3) is 10.6 Å². The summed E-state index contributed by atoms with van der Waals surface area (Å²) in [7, 11) is 0. The Balaban J connectivity index is 2.28. The largest absolute Gasteiger partial charge is 0.369 e. The molecular weight excluding hydrogens is 230 g/mol. The van der Waals surface area contributed by atoms with Crippen LogP contribution in [-0.4, -0.2) is 16.7 Å². The highest BCUT2D eigenvalue weighted by Crippen LogP contribution is 2.31. The van der Waals surface area contributed by atoms with Crippen LogP contribution in [0.1, 0.15) is 6.92 Å². The summed E-state index contributed by atoms with van der Waals surface area (Å²) in [5.74, 6) is 0.786. The molecule has 2 aromatic rings. The Hall–Kier alpha value is -1.13. The van der Waals surface area contributed by atoms with Gasteiger partial charge in [-0.1, -0.05) is 11.6 Å². The van der Waals surface area contributed by atoms with Crippen molar-refractivity contribution in [3.63, 3.8) is 0 Å². The van der Waals surface area contributed by atoms with Crippen molar-refractivity contribution in [2.24, 2.45) is 0 Å². The van der Waals surface area contributed by atoms with Crippen LogP contribution in [0.4, 0.5) is 5.82 Å². The second-order valence-corrected chi connectivity index (χ2v) is 4.26. The smallest absolute Gasteiger partial charge is 0.148 e. The Morgan fingerprint density at radius 3 is 2.73 bits per heavy atom. The molecule has 0 radical (unpaired) electrons. The average molecular weight is 240 g/mol. The van der Waals surface area contributed by atoms with Crippen molar-refractivity contribution in [3.8, 4) is 10.6 Å². The number of rotatable bonds is 3. The molecule has 0 atom stereocenters. The summed E-state index contributed by atoms with van der Waals surface area (Å²) >= 11 is 7.57. The molecular formula is C10H10ClN3S. The summed E-state index contributed by atoms with van der Waals surface area (Å²) < 4.78 is 0. The van der Waals surface area contributed by atoms with E-state index in [0.29, 0.717) is 0 Å². The lowest BCUT2D eigenvalue weighted by Crippen LogP contribution is -2.00. The average Bonchev–Trinajstić information content (AvgIpc) is 2.66. The summed E-state index contributed by atoms with van der Waals surface area (Å²) in [4.78, 5) is 0.965. The summed E-state index contributed by atoms with van der Waals surface area (Å²) in [5, 5.41) is 13.9. The Kier molecular flexibility index (Phi) is 3.18. The Morgan fingerprint density at radius 2 is 2.20 bits per heavy atom. The molecule has 2 rings (SSSR count). The fourth-order valence-corrected chi connectivity index (χ4v) is 2.32. The van der Waals surface area contributed by atoms with Crippen LogP contribution < -0.4 is 5.32 Å². The van der Waals surface area contributed by atoms with Crippen molar-refractivity contribution in [1.82, 2.24) is 10.2 Å². The van der Waals surface area contributed by atoms with Gasteiger partial charge in [0.2, 0.25) is 0 Å². The number of hydrogen-bond donors (Lipinski definition) is 1. The van der Waals surface area contributed by atoms with Crippen LogP contribution in [0.5, 0.6) is 0 Å². The number of thiophene rings is 1. The van der Waals surface area contributed by atoms with Gasteiger partial charge in [-0.15, -0.1) is 21.5 Å². The molecule has 0 unspecified atom stereocenters. The molecule has 0 aliphatic heterocycles. The van der Waals surface area contributed by atoms with Gasteiger partial charge in [-0.2, -0.15) is 0 Å². The van der Waals surface area contributed by atoms with Gasteiger partial charge in [0.15, 0.2) is 0 Å². The number of hydrogen-bond acceptors (Lipinski definition) is 4. The van der Waals surface area contributed by atoms with Gasteiger partial charge in [0.1, 0.15) is 11.5 Å². The standard InChI is InChI=1S/C10H10ClN3S/c1-2-12-9-4-3-8(13-14-9)10-7(11)5-6-15-10/h3-6H,2H2,1H3,(H,12,14). The number of aromatic nitrogens is 2. The summed E-state index contributed by atoms with van der Waals surface area (Å²) in [5.41, 5.74) is 0.816. The van der Waals surface area contributed by atoms with Gasteiger partial charge >= 0.3 is 0 Å². The first kappa shape index (κ1) is 10.4. The molecule has 0 saturated carbocycles. The van der Waals surface area contributed by atoms with E-state index in [1.165, 1.54) is 0 Å². The molecule has 2 aromatic heterocycles. The van der Waals surface area contributed by atoms with E-state index in [-0.39, 0.29) is 0 Å². The minimum atomic E-state index is 0.727. The molecule has 0 bridgehead atoms. The lowest BCUT2D eigenvalue weighted by Gasteiger charge is -2.01. The van der Waals surface area contributed by atoms with Gasteiger partial charge in [0, 0.05) is 6.54 Å². The van der Waals surface area contributed by atoms with E-state index >= 15 is 0 Å². The molecule has 0 amide bonds. The molecule has 3 nitrogen and oxygen atoms in total. The van der Waals surface area contributed by atoms with E-state index in [4.69, 9.17) is 11.6 Å². The monoisotopic (exact) mass is 239 g/mol. The molecule has 78 valence electrons. The van der Waals surface area contributed by atoms with Crippen LogP contribution in [-0.2, 0) is 0 Å². The molecule has 5 heteroatoms. The van der Waals surface area contributed by atoms with E-state index in [1.54, 1.807) is 11.3 Å². The van der Waals surface area contributed by atoms with E-state index < -0.39 is 0 Å². The third-order valence-corrected chi connectivity index (χ3v) is 3.24. The molecule has 0 saturated heterocycles. The lowest BCUT2D eigenvalue weighted by atomic mass is 10.3. The predicted octanol–water partition coefficient (Wildman–Crippen LogP) is 3.29. The summed E-state index contributed by atoms with van der Waals surface area (Å²) in [6, 6.07) is 5.69. The quantitative estimate of drug-likeness (QED) is 0.893. The Morgan fingerprint density at radius 1 is 1.33 bits per heavy atom. The van der Waals surface area contributed by atoms with Crippen molar-refractivity contribution in [3.05, 3.63) is 28.6 Å². The number of nitrogens with one attached hydrogen (secondary N) is 1. The zero-order valence-corrected chi connectivity index (χ0v) is 9.77. The number of halogens is 1. The Bertz CT molecular complexity index is 438. The minimum Gasteiger partial charge on any atom is -0.369 e. The van der Waals surface area contributed by atoms with Crippen molar-refractivity contribution in [2.45, 2.75) is 6.92 Å². The first-order chi connectivity index (χ1) is 7.31. The summed E-state index contributed by atoms with van der Waals surface area (Å²) in [6.45, 7) is 2.86. The van der Waals surface area contributed by atoms with Crippen LogP contribution >= 0.6 is 22.9 Å². The topological polar surface area (TPSA) is 37.8 Å². The molecule has 15 heavy (non-hydrogen) atoms. The van der Waals surface area contributed by atoms with E-state index in [0.717, 1.165) is 28.0 Å². The van der Waals surface area contributed by atoms with Crippen molar-refractivity contribution < 1.29 is 0 Å². The highest BCUT2D eigenvalue weighted by Gasteiger charge is 2.06. The zero-order valence-electron chi connectivity index (χ0n) is 8.20. The maximum Gasteiger partial charge on any atom is 0.148 e. The first-order valence-corrected chi connectivity index (χ1v) is 5.88. The highest BCUT2D eigenvalue weighted by molar-refractivity contribution is 7.14. The third kappa shape index (κ3) is 2.27. The highest BCUT2D eigenvalue weighted by atomic mass is 35.5. The maximum atomic E-state index is 6.00. The van der Waals surface area contributed by atoms with Crippen molar-refractivity contribution in [2.75, 3.05) is 11.9 Å². The fourth-order valence-electron chi connectivity index (χ4n) is 1.21. The number of anilines is 1. The molecule has 0 aromatic carbocycles. The number of nitrogens with zero attached hydrogens (tertiary/aromatic N) is 2. The second-order valence-electron chi connectivity index (χ2n) is 2.93. The van der Waals surface area contributed by atoms with Gasteiger partial charge in [0.05, 0.1) is 9.90 Å². The van der Waals surface area contributed by atoms with Crippen molar-refractivity contribution >= 4 is 28.8 Å². The van der Waals surface area contributed by atoms with E-state index in [9.17, 15) is 0 Å². The maximum absolute atomic E-state index is 6.00. The molecule has 0 spiro atoms. The molecule has 2 heterocycles. The summed E-state index contributed by atoms with van der Waals surface area (Å²) in [6.07, 6.45) is 0. The molecule has 0 aliphatic rings. The van der Waals surface area contributed by atoms with Gasteiger partial charge in [-0.3, -0.25) is 0 Å².